The van der Waals surface area contributed by atoms with Gasteiger partial charge in [-0.2, -0.15) is 0 Å². The van der Waals surface area contributed by atoms with Crippen molar-refractivity contribution in [3.8, 4) is 0 Å². The topological polar surface area (TPSA) is 46.3 Å². The van der Waals surface area contributed by atoms with Crippen LogP contribution >= 0.6 is 0 Å². The van der Waals surface area contributed by atoms with Gasteiger partial charge in [0.2, 0.25) is 5.91 Å². The van der Waals surface area contributed by atoms with Gasteiger partial charge in [-0.1, -0.05) is 19.1 Å². The lowest BCUT2D eigenvalue weighted by Gasteiger charge is -2.22. The zero-order valence-electron chi connectivity index (χ0n) is 9.36. The summed E-state index contributed by atoms with van der Waals surface area (Å²) in [7, 11) is 0. The third-order valence-corrected chi connectivity index (χ3v) is 2.31. The second-order valence-corrected chi connectivity index (χ2v) is 3.45. The van der Waals surface area contributed by atoms with Gasteiger partial charge in [0.1, 0.15) is 0 Å². The molecule has 0 radical (unpaired) electrons. The van der Waals surface area contributed by atoms with Crippen molar-refractivity contribution in [3.63, 3.8) is 0 Å². The van der Waals surface area contributed by atoms with Crippen LogP contribution in [0.3, 0.4) is 0 Å². The third kappa shape index (κ3) is 2.72. The molecule has 3 heteroatoms. The van der Waals surface area contributed by atoms with Crippen molar-refractivity contribution in [1.29, 1.82) is 0 Å². The van der Waals surface area contributed by atoms with E-state index in [-0.39, 0.29) is 5.91 Å². The first kappa shape index (κ1) is 11.6. The van der Waals surface area contributed by atoms with Crippen LogP contribution < -0.4 is 10.6 Å². The Morgan fingerprint density at radius 1 is 1.33 bits per heavy atom. The van der Waals surface area contributed by atoms with Gasteiger partial charge in [-0.3, -0.25) is 4.79 Å². The number of nitrogens with zero attached hydrogens (tertiary/aromatic N) is 1. The number of nitrogens with two attached hydrogens (primary N) is 1. The van der Waals surface area contributed by atoms with Crippen molar-refractivity contribution < 1.29 is 4.79 Å². The zero-order chi connectivity index (χ0) is 11.3. The number of hydrogen-bond acceptors (Lipinski definition) is 2. The normalized spacial score (nSPS) is 10.0. The number of para-hydroxylation sites is 2. The van der Waals surface area contributed by atoms with E-state index >= 15 is 0 Å². The summed E-state index contributed by atoms with van der Waals surface area (Å²) in [5, 5.41) is 0. The van der Waals surface area contributed by atoms with E-state index in [4.69, 9.17) is 5.73 Å². The minimum atomic E-state index is 0.137. The number of nitrogen functional groups attached to an aromatic ring is 1. The molecule has 82 valence electrons. The van der Waals surface area contributed by atoms with E-state index in [0.717, 1.165) is 12.1 Å². The van der Waals surface area contributed by atoms with Gasteiger partial charge in [0.05, 0.1) is 11.4 Å². The molecule has 0 spiro atoms. The molecule has 0 saturated carbocycles. The van der Waals surface area contributed by atoms with Gasteiger partial charge < -0.3 is 10.6 Å². The van der Waals surface area contributed by atoms with E-state index < -0.39 is 0 Å². The second kappa shape index (κ2) is 5.39. The highest BCUT2D eigenvalue weighted by atomic mass is 16.2. The van der Waals surface area contributed by atoms with Crippen molar-refractivity contribution in [2.24, 2.45) is 0 Å². The summed E-state index contributed by atoms with van der Waals surface area (Å²) < 4.78 is 0. The predicted octanol–water partition coefficient (Wildman–Crippen LogP) is 2.42. The van der Waals surface area contributed by atoms with Gasteiger partial charge in [0.25, 0.3) is 0 Å². The Labute approximate surface area is 90.9 Å². The molecule has 0 fully saturated rings. The van der Waals surface area contributed by atoms with E-state index in [0.29, 0.717) is 18.7 Å². The Hall–Kier alpha value is -1.51. The molecule has 0 aliphatic rings. The van der Waals surface area contributed by atoms with Crippen LogP contribution in [0.2, 0.25) is 0 Å². The monoisotopic (exact) mass is 206 g/mol. The molecule has 2 N–H and O–H groups in total. The van der Waals surface area contributed by atoms with Gasteiger partial charge in [-0.05, 0) is 25.5 Å². The Morgan fingerprint density at radius 3 is 2.53 bits per heavy atom. The maximum atomic E-state index is 11.8. The lowest BCUT2D eigenvalue weighted by Crippen LogP contribution is -2.30. The summed E-state index contributed by atoms with van der Waals surface area (Å²) in [5.41, 5.74) is 7.31. The minimum absolute atomic E-state index is 0.137. The van der Waals surface area contributed by atoms with Crippen LogP contribution in [0.5, 0.6) is 0 Å². The number of carbonyl (C=O) groups is 1. The minimum Gasteiger partial charge on any atom is -0.397 e. The molecule has 0 bridgehead atoms. The SMILES string of the molecule is CCCC(=O)N(CC)c1ccccc1N. The van der Waals surface area contributed by atoms with Crippen LogP contribution in [0.25, 0.3) is 0 Å². The molecule has 0 heterocycles. The Balaban J connectivity index is 2.92. The predicted molar refractivity (Wildman–Crippen MR) is 63.8 cm³/mol. The maximum absolute atomic E-state index is 11.8. The Morgan fingerprint density at radius 2 is 2.00 bits per heavy atom. The number of benzene rings is 1. The van der Waals surface area contributed by atoms with E-state index in [2.05, 4.69) is 0 Å². The first-order chi connectivity index (χ1) is 7.20. The molecule has 0 saturated heterocycles. The van der Waals surface area contributed by atoms with Gasteiger partial charge >= 0.3 is 0 Å². The fourth-order valence-electron chi connectivity index (χ4n) is 1.56. The highest BCUT2D eigenvalue weighted by molar-refractivity contribution is 5.96. The van der Waals surface area contributed by atoms with E-state index in [1.807, 2.05) is 38.1 Å². The first-order valence-electron chi connectivity index (χ1n) is 5.35. The molecule has 0 aromatic heterocycles. The lowest BCUT2D eigenvalue weighted by molar-refractivity contribution is -0.118. The number of amides is 1. The summed E-state index contributed by atoms with van der Waals surface area (Å²) in [6, 6.07) is 7.47. The largest absolute Gasteiger partial charge is 0.397 e. The van der Waals surface area contributed by atoms with Crippen LogP contribution in [-0.4, -0.2) is 12.5 Å². The standard InChI is InChI=1S/C12H18N2O/c1-3-7-12(15)14(4-2)11-9-6-5-8-10(11)13/h5-6,8-9H,3-4,7,13H2,1-2H3. The second-order valence-electron chi connectivity index (χ2n) is 3.45. The van der Waals surface area contributed by atoms with Crippen LogP contribution in [-0.2, 0) is 4.79 Å². The van der Waals surface area contributed by atoms with Crippen LogP contribution in [0.4, 0.5) is 11.4 Å². The fraction of sp³-hybridized carbons (Fsp3) is 0.417. The van der Waals surface area contributed by atoms with Crippen molar-refractivity contribution in [2.75, 3.05) is 17.2 Å². The van der Waals surface area contributed by atoms with E-state index in [1.54, 1.807) is 4.90 Å². The summed E-state index contributed by atoms with van der Waals surface area (Å²) in [6.07, 6.45) is 1.43. The molecule has 1 rings (SSSR count). The summed E-state index contributed by atoms with van der Waals surface area (Å²) >= 11 is 0. The quantitative estimate of drug-likeness (QED) is 0.769. The third-order valence-electron chi connectivity index (χ3n) is 2.31. The lowest BCUT2D eigenvalue weighted by atomic mass is 10.2. The summed E-state index contributed by atoms with van der Waals surface area (Å²) in [5.74, 6) is 0.137. The van der Waals surface area contributed by atoms with E-state index in [9.17, 15) is 4.79 Å². The zero-order valence-corrected chi connectivity index (χ0v) is 9.36. The molecule has 1 aromatic rings. The first-order valence-corrected chi connectivity index (χ1v) is 5.35. The Bertz CT molecular complexity index is 336. The fourth-order valence-corrected chi connectivity index (χ4v) is 1.56. The molecule has 0 unspecified atom stereocenters. The molecule has 0 aliphatic carbocycles. The summed E-state index contributed by atoms with van der Waals surface area (Å²) in [6.45, 7) is 4.62. The average molecular weight is 206 g/mol. The van der Waals surface area contributed by atoms with Gasteiger partial charge in [-0.15, -0.1) is 0 Å². The molecule has 1 amide bonds. The van der Waals surface area contributed by atoms with Crippen molar-refractivity contribution in [1.82, 2.24) is 0 Å². The highest BCUT2D eigenvalue weighted by Crippen LogP contribution is 2.22. The molecule has 0 aliphatic heterocycles. The van der Waals surface area contributed by atoms with Crippen LogP contribution in [0, 0.1) is 0 Å². The highest BCUT2D eigenvalue weighted by Gasteiger charge is 2.14. The molecule has 15 heavy (non-hydrogen) atoms. The van der Waals surface area contributed by atoms with Gasteiger partial charge in [0, 0.05) is 13.0 Å². The van der Waals surface area contributed by atoms with Crippen molar-refractivity contribution >= 4 is 17.3 Å². The smallest absolute Gasteiger partial charge is 0.227 e. The van der Waals surface area contributed by atoms with Crippen LogP contribution in [0.15, 0.2) is 24.3 Å². The molecular weight excluding hydrogens is 188 g/mol. The Kier molecular flexibility index (Phi) is 4.16. The molecule has 3 nitrogen and oxygen atoms in total. The summed E-state index contributed by atoms with van der Waals surface area (Å²) in [4.78, 5) is 13.5. The number of carbonyl (C=O) groups excluding carboxylic acids is 1. The van der Waals surface area contributed by atoms with Crippen molar-refractivity contribution in [2.45, 2.75) is 26.7 Å². The van der Waals surface area contributed by atoms with Gasteiger partial charge in [0.15, 0.2) is 0 Å². The van der Waals surface area contributed by atoms with E-state index in [1.165, 1.54) is 0 Å². The molecular formula is C12H18N2O. The molecule has 1 aromatic carbocycles. The van der Waals surface area contributed by atoms with Gasteiger partial charge in [-0.25, -0.2) is 0 Å². The number of hydrogen-bond donors (Lipinski definition) is 1. The van der Waals surface area contributed by atoms with Crippen LogP contribution in [0.1, 0.15) is 26.7 Å². The number of rotatable bonds is 4. The molecule has 0 atom stereocenters. The maximum Gasteiger partial charge on any atom is 0.227 e. The average Bonchev–Trinajstić information content (AvgIpc) is 2.22. The van der Waals surface area contributed by atoms with Crippen molar-refractivity contribution in [3.05, 3.63) is 24.3 Å². The number of anilines is 2.